The molecular formula is C34H37FN4O5S. The third kappa shape index (κ3) is 6.86. The lowest BCUT2D eigenvalue weighted by Crippen LogP contribution is -2.51. The van der Waals surface area contributed by atoms with Gasteiger partial charge in [-0.2, -0.15) is 0 Å². The van der Waals surface area contributed by atoms with E-state index >= 15 is 4.39 Å². The number of pyridine rings is 1. The molecule has 3 aromatic carbocycles. The number of aromatic nitrogens is 1. The normalized spacial score (nSPS) is 17.5. The second-order valence-electron chi connectivity index (χ2n) is 12.2. The van der Waals surface area contributed by atoms with E-state index in [0.717, 1.165) is 48.7 Å². The maximum Gasteiger partial charge on any atom is 0.258 e. The molecule has 1 amide bonds. The smallest absolute Gasteiger partial charge is 0.258 e. The molecule has 2 fully saturated rings. The number of nitrogens with zero attached hydrogens (tertiary/aromatic N) is 2. The summed E-state index contributed by atoms with van der Waals surface area (Å²) in [7, 11) is -3.35. The molecule has 1 aliphatic carbocycles. The number of aliphatic hydroxyl groups is 1. The second kappa shape index (κ2) is 12.5. The number of carbonyl (C=O) groups excluding carboxylic acids is 1. The maximum atomic E-state index is 15.1. The molecule has 236 valence electrons. The SMILES string of the molecule is Cc1c(F)cc(C(=O)NC2CC2)cc1-c1ccc2c(=O)n(Cc3ccc(S(C)(=O)=O)cc3)cc(CN3CCNC(CO)C3)c2c1. The van der Waals surface area contributed by atoms with E-state index in [9.17, 15) is 23.1 Å². The van der Waals surface area contributed by atoms with Gasteiger partial charge in [0, 0.05) is 61.7 Å². The molecule has 0 bridgehead atoms. The molecule has 1 saturated heterocycles. The van der Waals surface area contributed by atoms with E-state index in [1.165, 1.54) is 6.07 Å². The molecule has 1 atom stereocenters. The van der Waals surface area contributed by atoms with Crippen LogP contribution in [0.3, 0.4) is 0 Å². The van der Waals surface area contributed by atoms with Crippen molar-refractivity contribution in [2.45, 2.75) is 49.8 Å². The Morgan fingerprint density at radius 2 is 1.82 bits per heavy atom. The average Bonchev–Trinajstić information content (AvgIpc) is 3.84. The van der Waals surface area contributed by atoms with Gasteiger partial charge in [0.25, 0.3) is 11.5 Å². The molecule has 1 unspecified atom stereocenters. The highest BCUT2D eigenvalue weighted by molar-refractivity contribution is 7.90. The van der Waals surface area contributed by atoms with Crippen LogP contribution in [0.2, 0.25) is 0 Å². The highest BCUT2D eigenvalue weighted by Crippen LogP contribution is 2.31. The van der Waals surface area contributed by atoms with Crippen LogP contribution in [-0.2, 0) is 22.9 Å². The fraction of sp³-hybridized carbons (Fsp3) is 0.353. The fourth-order valence-corrected chi connectivity index (χ4v) is 6.55. The minimum absolute atomic E-state index is 0.0138. The van der Waals surface area contributed by atoms with E-state index in [0.29, 0.717) is 35.2 Å². The number of fused-ring (bicyclic) bond motifs is 1. The summed E-state index contributed by atoms with van der Waals surface area (Å²) in [6, 6.07) is 15.0. The highest BCUT2D eigenvalue weighted by atomic mass is 32.2. The lowest BCUT2D eigenvalue weighted by Gasteiger charge is -2.33. The van der Waals surface area contributed by atoms with E-state index < -0.39 is 15.7 Å². The zero-order valence-corrected chi connectivity index (χ0v) is 26.2. The van der Waals surface area contributed by atoms with Gasteiger partial charge in [-0.3, -0.25) is 14.5 Å². The Morgan fingerprint density at radius 3 is 2.51 bits per heavy atom. The van der Waals surface area contributed by atoms with Crippen LogP contribution >= 0.6 is 0 Å². The number of rotatable bonds is 9. The number of aliphatic hydroxyl groups excluding tert-OH is 1. The molecule has 11 heteroatoms. The summed E-state index contributed by atoms with van der Waals surface area (Å²) in [5.41, 5.74) is 3.41. The van der Waals surface area contributed by atoms with Crippen LogP contribution in [0.5, 0.6) is 0 Å². The second-order valence-corrected chi connectivity index (χ2v) is 14.2. The molecule has 6 rings (SSSR count). The van der Waals surface area contributed by atoms with Crippen molar-refractivity contribution in [3.63, 3.8) is 0 Å². The van der Waals surface area contributed by atoms with Crippen LogP contribution in [0.1, 0.15) is 39.9 Å². The first kappa shape index (κ1) is 31.1. The average molecular weight is 633 g/mol. The zero-order valence-electron chi connectivity index (χ0n) is 25.3. The largest absolute Gasteiger partial charge is 0.395 e. The summed E-state index contributed by atoms with van der Waals surface area (Å²) in [6.07, 6.45) is 4.84. The number of carbonyl (C=O) groups is 1. The molecule has 9 nitrogen and oxygen atoms in total. The van der Waals surface area contributed by atoms with Crippen molar-refractivity contribution < 1.29 is 22.7 Å². The van der Waals surface area contributed by atoms with Gasteiger partial charge in [0.2, 0.25) is 0 Å². The van der Waals surface area contributed by atoms with Crippen LogP contribution in [0, 0.1) is 12.7 Å². The quantitative estimate of drug-likeness (QED) is 0.259. The van der Waals surface area contributed by atoms with Crippen LogP contribution in [-0.4, -0.2) is 73.5 Å². The van der Waals surface area contributed by atoms with Gasteiger partial charge in [-0.15, -0.1) is 0 Å². The molecule has 1 aromatic heterocycles. The molecule has 0 spiro atoms. The monoisotopic (exact) mass is 632 g/mol. The van der Waals surface area contributed by atoms with Crippen molar-refractivity contribution in [1.82, 2.24) is 20.1 Å². The van der Waals surface area contributed by atoms with Gasteiger partial charge in [0.05, 0.1) is 18.0 Å². The number of hydrogen-bond donors (Lipinski definition) is 3. The number of benzene rings is 3. The van der Waals surface area contributed by atoms with Gasteiger partial charge in [-0.05, 0) is 89.4 Å². The van der Waals surface area contributed by atoms with Crippen LogP contribution in [0.4, 0.5) is 4.39 Å². The van der Waals surface area contributed by atoms with Crippen LogP contribution in [0.25, 0.3) is 21.9 Å². The molecule has 1 saturated carbocycles. The molecule has 2 aliphatic rings. The Hall–Kier alpha value is -3.90. The summed E-state index contributed by atoms with van der Waals surface area (Å²) >= 11 is 0. The summed E-state index contributed by atoms with van der Waals surface area (Å²) < 4.78 is 40.6. The van der Waals surface area contributed by atoms with Crippen molar-refractivity contribution in [2.24, 2.45) is 0 Å². The molecule has 1 aliphatic heterocycles. The summed E-state index contributed by atoms with van der Waals surface area (Å²) in [4.78, 5) is 29.1. The van der Waals surface area contributed by atoms with Crippen LogP contribution in [0.15, 0.2) is 70.5 Å². The van der Waals surface area contributed by atoms with Crippen LogP contribution < -0.4 is 16.2 Å². The maximum absolute atomic E-state index is 15.1. The standard InChI is InChI=1S/C34H37FN4O5S/c1-21-30(14-24(15-32(21)35)33(41)37-26-6-7-26)23-5-10-29-31(13-23)25(17-38-12-11-36-27(19-38)20-40)18-39(34(29)42)16-22-3-8-28(9-4-22)45(2,43)44/h3-5,8-10,13-15,18,26-27,36,40H,6-7,11-12,16-17,19-20H2,1-2H3,(H,37,41). The summed E-state index contributed by atoms with van der Waals surface area (Å²) in [5, 5.41) is 17.2. The molecule has 2 heterocycles. The Morgan fingerprint density at radius 1 is 1.07 bits per heavy atom. The van der Waals surface area contributed by atoms with E-state index in [1.54, 1.807) is 54.0 Å². The van der Waals surface area contributed by atoms with Gasteiger partial charge in [0.1, 0.15) is 5.82 Å². The van der Waals surface area contributed by atoms with E-state index in [4.69, 9.17) is 0 Å². The Kier molecular flexibility index (Phi) is 8.62. The van der Waals surface area contributed by atoms with Crippen molar-refractivity contribution in [3.05, 3.63) is 99.2 Å². The van der Waals surface area contributed by atoms with E-state index in [1.807, 2.05) is 12.3 Å². The molecule has 0 radical (unpaired) electrons. The minimum Gasteiger partial charge on any atom is -0.395 e. The third-order valence-electron chi connectivity index (χ3n) is 8.66. The molecule has 3 N–H and O–H groups in total. The summed E-state index contributed by atoms with van der Waals surface area (Å²) in [6.45, 7) is 4.56. The topological polar surface area (TPSA) is 121 Å². The van der Waals surface area contributed by atoms with E-state index in [2.05, 4.69) is 15.5 Å². The fourth-order valence-electron chi connectivity index (χ4n) is 5.92. The zero-order chi connectivity index (χ0) is 31.9. The molecule has 4 aromatic rings. The van der Waals surface area contributed by atoms with Crippen molar-refractivity contribution >= 4 is 26.5 Å². The first-order valence-electron chi connectivity index (χ1n) is 15.1. The lowest BCUT2D eigenvalue weighted by atomic mass is 9.94. The first-order chi connectivity index (χ1) is 21.5. The number of piperazine rings is 1. The Bertz CT molecular complexity index is 1940. The van der Waals surface area contributed by atoms with Gasteiger partial charge in [-0.1, -0.05) is 18.2 Å². The first-order valence-corrected chi connectivity index (χ1v) is 17.0. The molecular weight excluding hydrogens is 595 g/mol. The number of sulfone groups is 1. The lowest BCUT2D eigenvalue weighted by molar-refractivity contribution is 0.0950. The summed E-state index contributed by atoms with van der Waals surface area (Å²) in [5.74, 6) is -0.773. The Balaban J connectivity index is 1.43. The molecule has 45 heavy (non-hydrogen) atoms. The van der Waals surface area contributed by atoms with Gasteiger partial charge < -0.3 is 20.3 Å². The number of amides is 1. The van der Waals surface area contributed by atoms with Gasteiger partial charge in [0.15, 0.2) is 9.84 Å². The van der Waals surface area contributed by atoms with Crippen molar-refractivity contribution in [1.29, 1.82) is 0 Å². The van der Waals surface area contributed by atoms with Gasteiger partial charge >= 0.3 is 0 Å². The predicted molar refractivity (Wildman–Crippen MR) is 172 cm³/mol. The van der Waals surface area contributed by atoms with Gasteiger partial charge in [-0.25, -0.2) is 12.8 Å². The van der Waals surface area contributed by atoms with E-state index in [-0.39, 0.29) is 47.2 Å². The van der Waals surface area contributed by atoms with Crippen molar-refractivity contribution in [3.8, 4) is 11.1 Å². The predicted octanol–water partition coefficient (Wildman–Crippen LogP) is 3.23. The number of nitrogens with one attached hydrogen (secondary N) is 2. The Labute approximate surface area is 261 Å². The number of hydrogen-bond acceptors (Lipinski definition) is 7. The highest BCUT2D eigenvalue weighted by Gasteiger charge is 2.25. The van der Waals surface area contributed by atoms with Crippen molar-refractivity contribution in [2.75, 3.05) is 32.5 Å². The third-order valence-corrected chi connectivity index (χ3v) is 9.79. The minimum atomic E-state index is -3.35. The number of halogens is 1.